The third-order valence-electron chi connectivity index (χ3n) is 9.79. The number of halogens is 8. The molecular weight excluding hydrogens is 793 g/mol. The number of nitrogens with zero attached hydrogens (tertiary/aromatic N) is 4. The third kappa shape index (κ3) is 10.8. The summed E-state index contributed by atoms with van der Waals surface area (Å²) in [6.07, 6.45) is -2.11. The van der Waals surface area contributed by atoms with E-state index in [1.165, 1.54) is 18.4 Å². The first-order valence-electron chi connectivity index (χ1n) is 19.1. The zero-order valence-corrected chi connectivity index (χ0v) is 35.8. The number of carbonyl (C=O) groups is 2. The van der Waals surface area contributed by atoms with Gasteiger partial charge in [-0.1, -0.05) is 83.1 Å². The Morgan fingerprint density at radius 3 is 1.23 bits per heavy atom. The summed E-state index contributed by atoms with van der Waals surface area (Å²) in [5, 5.41) is 15.4. The van der Waals surface area contributed by atoms with Gasteiger partial charge in [-0.3, -0.25) is 9.59 Å². The van der Waals surface area contributed by atoms with E-state index >= 15 is 17.6 Å². The van der Waals surface area contributed by atoms with Crippen molar-refractivity contribution >= 4 is 22.9 Å². The zero-order valence-electron chi connectivity index (χ0n) is 35.8. The summed E-state index contributed by atoms with van der Waals surface area (Å²) >= 11 is 0. The molecule has 2 aromatic rings. The molecule has 0 amide bonds. The third-order valence-corrected chi connectivity index (χ3v) is 9.79. The Balaban J connectivity index is 1.99. The van der Waals surface area contributed by atoms with Crippen molar-refractivity contribution in [1.82, 2.24) is 0 Å². The standard InChI is InChI=1S/C46H50F8N4O2/c1-41(2,3)32-14-26(15-33(39(32)59)42(4,5)6)23-55-57-36-18-25(21-47)13-29(31(36)22-48)30-19-28(45(49,50)51)20-37(38(30)46(52,53)54)58-56-24-27-16-34(43(7,8)9)40(60)35(17-27)44(10,11)12/h13-20,23-24H,21-22H2,1-12H3. The van der Waals surface area contributed by atoms with Crippen LogP contribution in [0.1, 0.15) is 105 Å². The van der Waals surface area contributed by atoms with Crippen LogP contribution in [-0.4, -0.2) is 11.6 Å². The molecule has 60 heavy (non-hydrogen) atoms. The van der Waals surface area contributed by atoms with Gasteiger partial charge in [-0.05, 0) is 98.1 Å². The minimum Gasteiger partial charge on any atom is -0.289 e. The van der Waals surface area contributed by atoms with Gasteiger partial charge in [-0.2, -0.15) is 46.8 Å². The van der Waals surface area contributed by atoms with Crippen molar-refractivity contribution in [3.05, 3.63) is 117 Å². The second-order valence-corrected chi connectivity index (χ2v) is 18.9. The second kappa shape index (κ2) is 16.7. The maximum absolute atomic E-state index is 15.1. The smallest absolute Gasteiger partial charge is 0.289 e. The minimum absolute atomic E-state index is 0.162. The summed E-state index contributed by atoms with van der Waals surface area (Å²) < 4.78 is 118. The normalized spacial score (nSPS) is 16.4. The maximum Gasteiger partial charge on any atom is 0.419 e. The average molecular weight is 843 g/mol. The van der Waals surface area contributed by atoms with E-state index in [2.05, 4.69) is 20.5 Å². The highest BCUT2D eigenvalue weighted by atomic mass is 19.4. The van der Waals surface area contributed by atoms with Crippen LogP contribution in [-0.2, 0) is 35.3 Å². The fourth-order valence-electron chi connectivity index (χ4n) is 6.64. The van der Waals surface area contributed by atoms with E-state index in [9.17, 15) is 27.2 Å². The molecule has 0 heterocycles. The first-order valence-corrected chi connectivity index (χ1v) is 19.1. The first kappa shape index (κ1) is 47.5. The lowest BCUT2D eigenvalue weighted by molar-refractivity contribution is -0.140. The Bertz CT molecular complexity index is 2250. The van der Waals surface area contributed by atoms with Gasteiger partial charge in [0, 0.05) is 27.9 Å². The van der Waals surface area contributed by atoms with E-state index in [0.29, 0.717) is 27.9 Å². The van der Waals surface area contributed by atoms with Crippen LogP contribution in [0.2, 0.25) is 0 Å². The van der Waals surface area contributed by atoms with E-state index in [1.54, 1.807) is 53.7 Å². The van der Waals surface area contributed by atoms with Gasteiger partial charge >= 0.3 is 12.4 Å². The molecule has 0 aliphatic heterocycles. The van der Waals surface area contributed by atoms with Crippen molar-refractivity contribution in [2.45, 2.75) is 109 Å². The topological polar surface area (TPSA) is 83.6 Å². The molecule has 0 bridgehead atoms. The predicted octanol–water partition coefficient (Wildman–Crippen LogP) is 15.3. The Labute approximate surface area is 345 Å². The SMILES string of the molecule is CC(C)(C)C1=CC(=CN=Nc2cc(CF)cc(-c3cc(C(F)(F)F)cc(N=NC=C4C=C(C(C)(C)C)C(=O)C(C(C)(C)C)=C4)c3C(F)(F)F)c2CF)C=C(C(C)(C)C)C1=O. The molecule has 6 nitrogen and oxygen atoms in total. The molecule has 14 heteroatoms. The molecule has 4 rings (SSSR count). The molecule has 2 aliphatic rings. The lowest BCUT2D eigenvalue weighted by atomic mass is 9.72. The van der Waals surface area contributed by atoms with Crippen LogP contribution in [0.15, 0.2) is 115 Å². The van der Waals surface area contributed by atoms with Gasteiger partial charge in [0.1, 0.15) is 13.3 Å². The lowest BCUT2D eigenvalue weighted by Gasteiger charge is -2.31. The molecule has 0 saturated heterocycles. The largest absolute Gasteiger partial charge is 0.419 e. The molecule has 0 unspecified atom stereocenters. The van der Waals surface area contributed by atoms with Crippen LogP contribution in [0.3, 0.4) is 0 Å². The highest BCUT2D eigenvalue weighted by Crippen LogP contribution is 2.49. The monoisotopic (exact) mass is 842 g/mol. The van der Waals surface area contributed by atoms with E-state index in [1.807, 2.05) is 41.5 Å². The molecule has 2 aliphatic carbocycles. The number of alkyl halides is 8. The molecule has 0 saturated carbocycles. The fraction of sp³-hybridized carbons (Fsp3) is 0.435. The zero-order chi connectivity index (χ0) is 45.6. The highest BCUT2D eigenvalue weighted by molar-refractivity contribution is 6.12. The Morgan fingerprint density at radius 1 is 0.500 bits per heavy atom. The van der Waals surface area contributed by atoms with Gasteiger partial charge in [0.25, 0.3) is 0 Å². The summed E-state index contributed by atoms with van der Waals surface area (Å²) in [6, 6.07) is 2.26. The predicted molar refractivity (Wildman–Crippen MR) is 217 cm³/mol. The van der Waals surface area contributed by atoms with Gasteiger partial charge < -0.3 is 0 Å². The highest BCUT2D eigenvalue weighted by Gasteiger charge is 2.42. The number of azo groups is 2. The van der Waals surface area contributed by atoms with Crippen LogP contribution in [0.4, 0.5) is 46.5 Å². The number of benzene rings is 2. The van der Waals surface area contributed by atoms with Gasteiger partial charge in [-0.15, -0.1) is 0 Å². The van der Waals surface area contributed by atoms with Gasteiger partial charge in [0.15, 0.2) is 11.6 Å². The molecule has 0 spiro atoms. The van der Waals surface area contributed by atoms with Crippen molar-refractivity contribution in [2.75, 3.05) is 0 Å². The average Bonchev–Trinajstić information content (AvgIpc) is 3.09. The van der Waals surface area contributed by atoms with Crippen LogP contribution in [0.25, 0.3) is 11.1 Å². The van der Waals surface area contributed by atoms with E-state index < -0.39 is 86.6 Å². The number of Topliss-reactive ketones (excluding diaryl/α,β-unsaturated/α-hetero) is 2. The number of carbonyl (C=O) groups excluding carboxylic acids is 2. The van der Waals surface area contributed by atoms with Crippen molar-refractivity contribution in [2.24, 2.45) is 42.1 Å². The molecule has 0 N–H and O–H groups in total. The second-order valence-electron chi connectivity index (χ2n) is 18.9. The van der Waals surface area contributed by atoms with E-state index in [0.717, 1.165) is 18.3 Å². The Hall–Kier alpha value is -5.14. The molecule has 0 fully saturated rings. The van der Waals surface area contributed by atoms with E-state index in [-0.39, 0.29) is 34.8 Å². The van der Waals surface area contributed by atoms with Crippen LogP contribution < -0.4 is 0 Å². The van der Waals surface area contributed by atoms with E-state index in [4.69, 9.17) is 0 Å². The summed E-state index contributed by atoms with van der Waals surface area (Å²) in [7, 11) is 0. The van der Waals surface area contributed by atoms with Gasteiger partial charge in [-0.25, -0.2) is 8.78 Å². The van der Waals surface area contributed by atoms with Gasteiger partial charge in [0.2, 0.25) is 0 Å². The molecule has 0 radical (unpaired) electrons. The van der Waals surface area contributed by atoms with Crippen molar-refractivity contribution < 1.29 is 44.7 Å². The van der Waals surface area contributed by atoms with Gasteiger partial charge in [0.05, 0.1) is 34.9 Å². The van der Waals surface area contributed by atoms with Crippen molar-refractivity contribution in [3.8, 4) is 11.1 Å². The minimum atomic E-state index is -5.38. The van der Waals surface area contributed by atoms with Crippen LogP contribution in [0.5, 0.6) is 0 Å². The first-order chi connectivity index (χ1) is 27.3. The van der Waals surface area contributed by atoms with Crippen LogP contribution in [0, 0.1) is 21.7 Å². The number of ketones is 2. The fourth-order valence-corrected chi connectivity index (χ4v) is 6.64. The Morgan fingerprint density at radius 2 is 0.900 bits per heavy atom. The summed E-state index contributed by atoms with van der Waals surface area (Å²) in [5.74, 6) is -0.395. The molecular formula is C46H50F8N4O2. The Kier molecular flexibility index (Phi) is 13.3. The van der Waals surface area contributed by atoms with Crippen LogP contribution >= 0.6 is 0 Å². The number of allylic oxidation sites excluding steroid dienone is 10. The molecule has 2 aromatic carbocycles. The number of hydrogen-bond donors (Lipinski definition) is 0. The lowest BCUT2D eigenvalue weighted by Crippen LogP contribution is -2.27. The molecule has 322 valence electrons. The van der Waals surface area contributed by atoms with Crippen molar-refractivity contribution in [1.29, 1.82) is 0 Å². The summed E-state index contributed by atoms with van der Waals surface area (Å²) in [6.45, 7) is 19.1. The maximum atomic E-state index is 15.1. The summed E-state index contributed by atoms with van der Waals surface area (Å²) in [5.41, 5.74) is -7.70. The summed E-state index contributed by atoms with van der Waals surface area (Å²) in [4.78, 5) is 26.7. The number of hydrogen-bond acceptors (Lipinski definition) is 6. The van der Waals surface area contributed by atoms with Crippen molar-refractivity contribution in [3.63, 3.8) is 0 Å². The molecule has 0 aromatic heterocycles. The quantitative estimate of drug-likeness (QED) is 0.205. The molecule has 0 atom stereocenters. The number of rotatable bonds is 7.